The van der Waals surface area contributed by atoms with Gasteiger partial charge in [0, 0.05) is 14.1 Å². The molecule has 166 valence electrons. The highest BCUT2D eigenvalue weighted by Crippen LogP contribution is 2.40. The molecule has 2 aromatic carbocycles. The van der Waals surface area contributed by atoms with Gasteiger partial charge in [-0.2, -0.15) is 5.26 Å². The summed E-state index contributed by atoms with van der Waals surface area (Å²) >= 11 is 0. The number of ketones is 1. The van der Waals surface area contributed by atoms with Crippen molar-refractivity contribution in [1.29, 1.82) is 5.26 Å². The van der Waals surface area contributed by atoms with E-state index < -0.39 is 18.4 Å². The number of rotatable bonds is 6. The third kappa shape index (κ3) is 4.75. The fourth-order valence-corrected chi connectivity index (χ4v) is 3.51. The molecular weight excluding hydrogens is 406 g/mol. The maximum atomic E-state index is 12.7. The number of esters is 1. The first-order valence-corrected chi connectivity index (χ1v) is 10.3. The van der Waals surface area contributed by atoms with Crippen LogP contribution in [0.3, 0.4) is 0 Å². The number of carbonyl (C=O) groups is 2. The van der Waals surface area contributed by atoms with Crippen molar-refractivity contribution >= 4 is 23.1 Å². The van der Waals surface area contributed by atoms with Crippen LogP contribution in [0.25, 0.3) is 0 Å². The number of ether oxygens (including phenoxy) is 2. The predicted octanol–water partition coefficient (Wildman–Crippen LogP) is 3.80. The van der Waals surface area contributed by atoms with Crippen molar-refractivity contribution in [3.8, 4) is 11.8 Å². The second-order valence-electron chi connectivity index (χ2n) is 8.56. The Balaban J connectivity index is 1.59. The average Bonchev–Trinajstić information content (AvgIpc) is 3.02. The quantitative estimate of drug-likeness (QED) is 0.389. The maximum absolute atomic E-state index is 12.7. The van der Waals surface area contributed by atoms with Gasteiger partial charge in [-0.1, -0.05) is 45.0 Å². The van der Waals surface area contributed by atoms with E-state index in [1.807, 2.05) is 42.5 Å². The summed E-state index contributed by atoms with van der Waals surface area (Å²) in [4.78, 5) is 28.3. The molecule has 0 aromatic heterocycles. The lowest BCUT2D eigenvalue weighted by atomic mass is 9.87. The van der Waals surface area contributed by atoms with Crippen molar-refractivity contribution in [2.45, 2.75) is 26.2 Å². The number of para-hydroxylation sites is 2. The van der Waals surface area contributed by atoms with E-state index in [-0.39, 0.29) is 17.6 Å². The zero-order chi connectivity index (χ0) is 23.5. The van der Waals surface area contributed by atoms with Crippen molar-refractivity contribution in [3.63, 3.8) is 0 Å². The van der Waals surface area contributed by atoms with Crippen LogP contribution in [0, 0.1) is 11.3 Å². The molecule has 0 saturated heterocycles. The predicted molar refractivity (Wildman–Crippen MR) is 122 cm³/mol. The summed E-state index contributed by atoms with van der Waals surface area (Å²) in [6, 6.07) is 17.0. The van der Waals surface area contributed by atoms with E-state index in [9.17, 15) is 14.9 Å². The molecule has 1 aliphatic heterocycles. The standard InChI is InChI=1S/C25H27N3O4/c1-25(2,3)17-10-12-18(13-11-17)31-16-23(30)32-15-22(29)19(14-26)24-27(4)20-8-6-7-9-21(20)28(24)5/h6-13H,15-16H2,1-5H3. The number of hydrogen-bond donors (Lipinski definition) is 0. The maximum Gasteiger partial charge on any atom is 0.344 e. The number of carbonyl (C=O) groups excluding carboxylic acids is 2. The van der Waals surface area contributed by atoms with Gasteiger partial charge >= 0.3 is 5.97 Å². The molecule has 1 aliphatic rings. The van der Waals surface area contributed by atoms with Gasteiger partial charge in [0.25, 0.3) is 0 Å². The minimum Gasteiger partial charge on any atom is -0.482 e. The second-order valence-corrected chi connectivity index (χ2v) is 8.56. The van der Waals surface area contributed by atoms with Gasteiger partial charge in [0.2, 0.25) is 5.78 Å². The summed E-state index contributed by atoms with van der Waals surface area (Å²) in [5, 5.41) is 9.62. The molecule has 0 fully saturated rings. The molecule has 0 amide bonds. The zero-order valence-electron chi connectivity index (χ0n) is 19.0. The van der Waals surface area contributed by atoms with Crippen molar-refractivity contribution in [2.75, 3.05) is 37.1 Å². The molecule has 3 rings (SSSR count). The first-order valence-electron chi connectivity index (χ1n) is 10.3. The third-order valence-corrected chi connectivity index (χ3v) is 5.30. The fraction of sp³-hybridized carbons (Fsp3) is 0.320. The Morgan fingerprint density at radius 3 is 2.00 bits per heavy atom. The molecule has 7 heteroatoms. The van der Waals surface area contributed by atoms with Gasteiger partial charge < -0.3 is 19.3 Å². The molecule has 0 bridgehead atoms. The van der Waals surface area contributed by atoms with Crippen LogP contribution >= 0.6 is 0 Å². The van der Waals surface area contributed by atoms with Gasteiger partial charge in [0.15, 0.2) is 13.2 Å². The highest BCUT2D eigenvalue weighted by molar-refractivity contribution is 6.03. The summed E-state index contributed by atoms with van der Waals surface area (Å²) in [5.74, 6) is -0.271. The van der Waals surface area contributed by atoms with Crippen molar-refractivity contribution < 1.29 is 19.1 Å². The largest absolute Gasteiger partial charge is 0.482 e. The van der Waals surface area contributed by atoms with Crippen molar-refractivity contribution in [3.05, 3.63) is 65.5 Å². The Hall–Kier alpha value is -3.79. The number of hydrogen-bond acceptors (Lipinski definition) is 7. The van der Waals surface area contributed by atoms with E-state index in [0.29, 0.717) is 11.6 Å². The van der Waals surface area contributed by atoms with Crippen LogP contribution in [0.15, 0.2) is 59.9 Å². The van der Waals surface area contributed by atoms with Crippen LogP contribution < -0.4 is 14.5 Å². The molecule has 7 nitrogen and oxygen atoms in total. The van der Waals surface area contributed by atoms with Gasteiger partial charge in [-0.3, -0.25) is 4.79 Å². The Morgan fingerprint density at radius 2 is 1.50 bits per heavy atom. The highest BCUT2D eigenvalue weighted by atomic mass is 16.6. The SMILES string of the molecule is CN1C(=C(C#N)C(=O)COC(=O)COc2ccc(C(C)(C)C)cc2)N(C)c2ccccc21. The molecule has 2 aromatic rings. The lowest BCUT2D eigenvalue weighted by Gasteiger charge is -2.20. The lowest BCUT2D eigenvalue weighted by Crippen LogP contribution is -2.28. The van der Waals surface area contributed by atoms with Crippen molar-refractivity contribution in [2.24, 2.45) is 0 Å². The highest BCUT2D eigenvalue weighted by Gasteiger charge is 2.31. The van der Waals surface area contributed by atoms with Gasteiger partial charge in [0.1, 0.15) is 23.2 Å². The van der Waals surface area contributed by atoms with E-state index in [4.69, 9.17) is 9.47 Å². The number of anilines is 2. The van der Waals surface area contributed by atoms with Crippen LogP contribution in [0.5, 0.6) is 5.75 Å². The normalized spacial score (nSPS) is 12.8. The Kier molecular flexibility index (Phi) is 6.54. The molecule has 0 N–H and O–H groups in total. The first kappa shape index (κ1) is 22.9. The Labute approximate surface area is 188 Å². The molecule has 1 heterocycles. The summed E-state index contributed by atoms with van der Waals surface area (Å²) in [5.41, 5.74) is 2.87. The molecular formula is C25H27N3O4. The molecule has 0 unspecified atom stereocenters. The van der Waals surface area contributed by atoms with Gasteiger partial charge in [-0.15, -0.1) is 0 Å². The van der Waals surface area contributed by atoms with Crippen LogP contribution in [-0.4, -0.2) is 39.1 Å². The van der Waals surface area contributed by atoms with Crippen LogP contribution in [0.2, 0.25) is 0 Å². The van der Waals surface area contributed by atoms with E-state index in [1.165, 1.54) is 0 Å². The molecule has 0 atom stereocenters. The van der Waals surface area contributed by atoms with Gasteiger partial charge in [0.05, 0.1) is 11.4 Å². The van der Waals surface area contributed by atoms with E-state index >= 15 is 0 Å². The molecule has 0 saturated carbocycles. The monoisotopic (exact) mass is 433 g/mol. The molecule has 0 aliphatic carbocycles. The number of nitriles is 1. The first-order chi connectivity index (χ1) is 15.1. The summed E-state index contributed by atoms with van der Waals surface area (Å²) in [6.45, 7) is 5.48. The minimum absolute atomic E-state index is 0.0214. The van der Waals surface area contributed by atoms with E-state index in [2.05, 4.69) is 20.8 Å². The summed E-state index contributed by atoms with van der Waals surface area (Å²) < 4.78 is 10.5. The third-order valence-electron chi connectivity index (χ3n) is 5.30. The van der Waals surface area contributed by atoms with Gasteiger partial charge in [-0.05, 0) is 35.2 Å². The number of nitrogens with zero attached hydrogens (tertiary/aromatic N) is 3. The summed E-state index contributed by atoms with van der Waals surface area (Å²) in [7, 11) is 3.57. The van der Waals surface area contributed by atoms with Crippen LogP contribution in [0.1, 0.15) is 26.3 Å². The van der Waals surface area contributed by atoms with Crippen LogP contribution in [-0.2, 0) is 19.7 Å². The fourth-order valence-electron chi connectivity index (χ4n) is 3.51. The Bertz CT molecular complexity index is 1060. The Morgan fingerprint density at radius 1 is 0.938 bits per heavy atom. The number of fused-ring (bicyclic) bond motifs is 1. The zero-order valence-corrected chi connectivity index (χ0v) is 19.0. The summed E-state index contributed by atoms with van der Waals surface area (Å²) in [6.07, 6.45) is 0. The second kappa shape index (κ2) is 9.15. The van der Waals surface area contributed by atoms with Crippen molar-refractivity contribution in [1.82, 2.24) is 0 Å². The molecule has 32 heavy (non-hydrogen) atoms. The van der Waals surface area contributed by atoms with E-state index in [1.54, 1.807) is 36.0 Å². The number of Topliss-reactive ketones (excluding diaryl/α,β-unsaturated/α-hetero) is 1. The molecule has 0 radical (unpaired) electrons. The van der Waals surface area contributed by atoms with E-state index in [0.717, 1.165) is 16.9 Å². The minimum atomic E-state index is -0.683. The van der Waals surface area contributed by atoms with Gasteiger partial charge in [-0.25, -0.2) is 4.79 Å². The van der Waals surface area contributed by atoms with Crippen LogP contribution in [0.4, 0.5) is 11.4 Å². The average molecular weight is 434 g/mol. The topological polar surface area (TPSA) is 82.9 Å². The lowest BCUT2D eigenvalue weighted by molar-refractivity contribution is -0.149. The smallest absolute Gasteiger partial charge is 0.344 e. The molecule has 0 spiro atoms. The number of benzene rings is 2.